The molecule has 40 valence electrons. The first kappa shape index (κ1) is 1.12. The second kappa shape index (κ2) is 2.01. The third-order valence-corrected chi connectivity index (χ3v) is 0.196. The van der Waals surface area contributed by atoms with Gasteiger partial charge < -0.3 is 11.4 Å². The van der Waals surface area contributed by atoms with E-state index in [-0.39, 0.29) is 11.0 Å². The van der Waals surface area contributed by atoms with Gasteiger partial charge in [-0.25, -0.2) is 4.79 Å². The number of carbonyl (C=O) groups excluding carboxylic acids is 1. The van der Waals surface area contributed by atoms with Crippen LogP contribution in [0.2, 0.25) is 8.47 Å². The van der Waals surface area contributed by atoms with E-state index in [2.05, 4.69) is 5.40 Å². The number of amides is 2. The zero-order valence-corrected chi connectivity index (χ0v) is 3.20. The van der Waals surface area contributed by atoms with Gasteiger partial charge in [-0.05, 0) is 0 Å². The minimum Gasteiger partial charge on any atom is -0.370 e. The van der Waals surface area contributed by atoms with Gasteiger partial charge in [0.2, 0.25) is 0 Å². The SMILES string of the molecule is [2H]N=C(N([2H])[2H])N([2H])C(=O)N([2H])[2H]. The van der Waals surface area contributed by atoms with Crippen molar-refractivity contribution < 1.29 is 13.3 Å². The second-order valence-corrected chi connectivity index (χ2v) is 0.694. The fraction of sp³-hybridized carbons (Fsp3) is 0. The van der Waals surface area contributed by atoms with E-state index in [9.17, 15) is 4.79 Å². The number of primary amides is 1. The Balaban J connectivity index is 4.57. The molecule has 2 amide bonds. The van der Waals surface area contributed by atoms with Crippen molar-refractivity contribution in [1.82, 2.24) is 5.31 Å². The maximum atomic E-state index is 10.7. The predicted molar refractivity (Wildman–Crippen MR) is 24.6 cm³/mol. The topological polar surface area (TPSA) is 105 Å². The normalized spacial score (nSPS) is 21.4. The number of hydrogen-bond acceptors (Lipinski definition) is 2. The molecule has 0 fully saturated rings. The van der Waals surface area contributed by atoms with Crippen LogP contribution < -0.4 is 16.7 Å². The molecule has 0 saturated heterocycles. The molecule has 0 aromatic heterocycles. The summed E-state index contributed by atoms with van der Waals surface area (Å²) in [5.41, 5.74) is -0.678. The van der Waals surface area contributed by atoms with Crippen molar-refractivity contribution in [2.24, 2.45) is 11.4 Å². The first-order valence-electron chi connectivity index (χ1n) is 4.01. The molecule has 0 unspecified atom stereocenters. The molecule has 0 saturated carbocycles. The van der Waals surface area contributed by atoms with E-state index in [1.165, 1.54) is 0 Å². The highest BCUT2D eigenvalue weighted by Crippen LogP contribution is 1.48. The predicted octanol–water partition coefficient (Wildman–Crippen LogP) is -1.45. The first-order chi connectivity index (χ1) is 5.91. The van der Waals surface area contributed by atoms with Crippen LogP contribution in [0.5, 0.6) is 0 Å². The van der Waals surface area contributed by atoms with Crippen LogP contribution in [0.1, 0.15) is 0 Å². The molecule has 5 heteroatoms. The van der Waals surface area contributed by atoms with E-state index >= 15 is 0 Å². The highest BCUT2D eigenvalue weighted by Gasteiger charge is 1.88. The summed E-state index contributed by atoms with van der Waals surface area (Å²) in [6, 6.07) is -1.45. The van der Waals surface area contributed by atoms with Crippen LogP contribution in [-0.4, -0.2) is 12.0 Å². The molecule has 0 aliphatic heterocycles. The maximum absolute atomic E-state index is 10.7. The van der Waals surface area contributed by atoms with Gasteiger partial charge in [-0.15, -0.1) is 0 Å². The Morgan fingerprint density at radius 3 is 3.43 bits per heavy atom. The maximum Gasteiger partial charge on any atom is 0.318 e. The van der Waals surface area contributed by atoms with E-state index in [0.717, 1.165) is 0 Å². The number of carbonyl (C=O) groups is 1. The highest BCUT2D eigenvalue weighted by molar-refractivity contribution is 5.92. The van der Waals surface area contributed by atoms with E-state index in [4.69, 9.17) is 8.47 Å². The van der Waals surface area contributed by atoms with Crippen molar-refractivity contribution >= 4 is 12.0 Å². The van der Waals surface area contributed by atoms with Crippen molar-refractivity contribution in [3.63, 3.8) is 0 Å². The van der Waals surface area contributed by atoms with Gasteiger partial charge >= 0.3 is 6.03 Å². The second-order valence-electron chi connectivity index (χ2n) is 0.694. The average Bonchev–Trinajstić information content (AvgIpc) is 2.03. The van der Waals surface area contributed by atoms with Crippen molar-refractivity contribution in [3.05, 3.63) is 0 Å². The van der Waals surface area contributed by atoms with E-state index in [1.807, 2.05) is 0 Å². The highest BCUT2D eigenvalue weighted by atomic mass is 16.2. The number of rotatable bonds is 0. The lowest BCUT2D eigenvalue weighted by Gasteiger charge is -1.91. The lowest BCUT2D eigenvalue weighted by atomic mass is 10.9. The number of nitrogens with two attached hydrogens (primary N) is 2. The third-order valence-electron chi connectivity index (χ3n) is 0.196. The third kappa shape index (κ3) is 4.74. The van der Waals surface area contributed by atoms with Gasteiger partial charge in [-0.2, -0.15) is 0 Å². The quantitative estimate of drug-likeness (QED) is 0.225. The van der Waals surface area contributed by atoms with Crippen LogP contribution in [-0.2, 0) is 0 Å². The van der Waals surface area contributed by atoms with Crippen LogP contribution in [0.25, 0.3) is 0 Å². The molecule has 0 aromatic rings. The van der Waals surface area contributed by atoms with Gasteiger partial charge in [0, 0.05) is 0 Å². The van der Waals surface area contributed by atoms with E-state index < -0.39 is 17.7 Å². The Bertz CT molecular complexity index is 217. The number of urea groups is 1. The molecular weight excluding hydrogens is 96.0 g/mol. The molecule has 0 heterocycles. The summed E-state index contributed by atoms with van der Waals surface area (Å²) in [6.07, 6.45) is 0. The summed E-state index contributed by atoms with van der Waals surface area (Å²) < 4.78 is 39.4. The summed E-state index contributed by atoms with van der Waals surface area (Å²) in [5.74, 6) is -0.936. The summed E-state index contributed by atoms with van der Waals surface area (Å²) in [4.78, 5) is 10.7. The molecule has 7 heavy (non-hydrogen) atoms. The summed E-state index contributed by atoms with van der Waals surface area (Å²) >= 11 is 0. The smallest absolute Gasteiger partial charge is 0.318 e. The molecule has 0 aromatic carbocycles. The zero-order chi connectivity index (χ0) is 10.6. The van der Waals surface area contributed by atoms with Gasteiger partial charge in [0.25, 0.3) is 0 Å². The fourth-order valence-corrected chi connectivity index (χ4v) is 0.0855. The molecular formula is C2H6N4O. The fourth-order valence-electron chi connectivity index (χ4n) is 0.0855. The Morgan fingerprint density at radius 1 is 2.14 bits per heavy atom. The largest absolute Gasteiger partial charge is 0.370 e. The Kier molecular flexibility index (Phi) is 0.321. The lowest BCUT2D eigenvalue weighted by molar-refractivity contribution is 0.253. The molecule has 0 rings (SSSR count). The van der Waals surface area contributed by atoms with Crippen LogP contribution in [0.15, 0.2) is 0 Å². The molecule has 0 bridgehead atoms. The van der Waals surface area contributed by atoms with E-state index in [1.54, 1.807) is 0 Å². The van der Waals surface area contributed by atoms with Crippen LogP contribution in [0.4, 0.5) is 4.79 Å². The Hall–Kier alpha value is -1.26. The Labute approximate surface area is 49.0 Å². The van der Waals surface area contributed by atoms with Crippen molar-refractivity contribution in [2.75, 3.05) is 0 Å². The lowest BCUT2D eigenvalue weighted by Crippen LogP contribution is -2.39. The van der Waals surface area contributed by atoms with Crippen molar-refractivity contribution in [2.45, 2.75) is 0 Å². The van der Waals surface area contributed by atoms with Gasteiger partial charge in [0.05, 0.1) is 0 Å². The molecule has 0 radical (unpaired) electrons. The van der Waals surface area contributed by atoms with Crippen LogP contribution in [0, 0.1) is 5.40 Å². The standard InChI is InChI=1S/C2H6N4O/c3-1(4)6-2(5)7/h(H6,3,4,5,6,7)/i/hD6. The molecule has 5 nitrogen and oxygen atoms in total. The monoisotopic (exact) mass is 108 g/mol. The van der Waals surface area contributed by atoms with Gasteiger partial charge in [0.15, 0.2) is 14.4 Å². The summed E-state index contributed by atoms with van der Waals surface area (Å²) in [7, 11) is 0. The van der Waals surface area contributed by atoms with Crippen molar-refractivity contribution in [1.29, 1.82) is 5.40 Å². The molecule has 0 spiro atoms. The van der Waals surface area contributed by atoms with E-state index in [0.29, 0.717) is 0 Å². The summed E-state index contributed by atoms with van der Waals surface area (Å²) in [6.45, 7) is 0. The van der Waals surface area contributed by atoms with Gasteiger partial charge in [-0.3, -0.25) is 10.7 Å². The van der Waals surface area contributed by atoms with Gasteiger partial charge in [0.1, 0.15) is 0 Å². The minimum absolute atomic E-state index is 0.188. The van der Waals surface area contributed by atoms with Crippen molar-refractivity contribution in [3.8, 4) is 0 Å². The summed E-state index contributed by atoms with van der Waals surface area (Å²) in [5, 5.41) is 2.35. The average molecular weight is 108 g/mol. The molecule has 0 aliphatic carbocycles. The first-order valence-corrected chi connectivity index (χ1v) is 1.32. The minimum atomic E-state index is -1.45. The Morgan fingerprint density at radius 2 is 3.00 bits per heavy atom. The molecule has 6 N–H and O–H groups in total. The molecule has 0 atom stereocenters. The number of guanidine groups is 1. The van der Waals surface area contributed by atoms with Crippen LogP contribution in [0.3, 0.4) is 0 Å². The molecule has 0 aliphatic rings. The zero-order valence-electron chi connectivity index (χ0n) is 9.20. The van der Waals surface area contributed by atoms with Crippen LogP contribution >= 0.6 is 0 Å². The number of nitrogens with one attached hydrogen (secondary N) is 2. The number of hydrogen-bond donors (Lipinski definition) is 4. The van der Waals surface area contributed by atoms with Gasteiger partial charge in [-0.1, -0.05) is 0 Å².